The summed E-state index contributed by atoms with van der Waals surface area (Å²) in [5, 5.41) is 0.552. The molecule has 0 aliphatic heterocycles. The predicted molar refractivity (Wildman–Crippen MR) is 98.4 cm³/mol. The number of hydrazine groups is 1. The number of amides is 2. The van der Waals surface area contributed by atoms with Crippen molar-refractivity contribution in [2.24, 2.45) is 0 Å². The van der Waals surface area contributed by atoms with Crippen LogP contribution in [0.1, 0.15) is 27.0 Å². The zero-order chi connectivity index (χ0) is 17.7. The van der Waals surface area contributed by atoms with Gasteiger partial charge in [-0.2, -0.15) is 0 Å². The van der Waals surface area contributed by atoms with Gasteiger partial charge in [0.25, 0.3) is 5.91 Å². The van der Waals surface area contributed by atoms with Gasteiger partial charge in [0.1, 0.15) is 0 Å². The maximum absolute atomic E-state index is 11.9. The number of benzene rings is 2. The van der Waals surface area contributed by atoms with Gasteiger partial charge in [0.05, 0.1) is 5.75 Å². The van der Waals surface area contributed by atoms with E-state index < -0.39 is 0 Å². The molecule has 2 aromatic carbocycles. The van der Waals surface area contributed by atoms with Crippen molar-refractivity contribution in [2.45, 2.75) is 25.7 Å². The summed E-state index contributed by atoms with van der Waals surface area (Å²) in [5.41, 5.74) is 8.75. The van der Waals surface area contributed by atoms with Crippen LogP contribution < -0.4 is 10.9 Å². The zero-order valence-electron chi connectivity index (χ0n) is 13.8. The van der Waals surface area contributed by atoms with Crippen molar-refractivity contribution in [3.8, 4) is 0 Å². The molecule has 0 bridgehead atoms. The first-order valence-corrected chi connectivity index (χ1v) is 8.78. The molecule has 24 heavy (non-hydrogen) atoms. The van der Waals surface area contributed by atoms with Crippen molar-refractivity contribution < 1.29 is 9.59 Å². The topological polar surface area (TPSA) is 58.2 Å². The molecule has 0 aromatic heterocycles. The molecular weight excluding hydrogens is 344 g/mol. The quantitative estimate of drug-likeness (QED) is 0.642. The first-order chi connectivity index (χ1) is 11.4. The van der Waals surface area contributed by atoms with E-state index in [9.17, 15) is 9.59 Å². The summed E-state index contributed by atoms with van der Waals surface area (Å²) in [6.07, 6.45) is 0. The number of aryl methyl sites for hydroxylation is 3. The van der Waals surface area contributed by atoms with E-state index in [0.29, 0.717) is 10.6 Å². The van der Waals surface area contributed by atoms with Gasteiger partial charge in [0.15, 0.2) is 0 Å². The van der Waals surface area contributed by atoms with Gasteiger partial charge in [-0.15, -0.1) is 11.8 Å². The van der Waals surface area contributed by atoms with Crippen molar-refractivity contribution in [1.82, 2.24) is 10.9 Å². The molecule has 6 heteroatoms. The highest BCUT2D eigenvalue weighted by molar-refractivity contribution is 8.00. The van der Waals surface area contributed by atoms with Crippen LogP contribution in [0.15, 0.2) is 41.3 Å². The molecular formula is C18H19ClN2O2S. The lowest BCUT2D eigenvalue weighted by Crippen LogP contribution is -2.42. The lowest BCUT2D eigenvalue weighted by molar-refractivity contribution is -0.119. The summed E-state index contributed by atoms with van der Waals surface area (Å²) < 4.78 is 0. The van der Waals surface area contributed by atoms with E-state index in [2.05, 4.69) is 23.0 Å². The number of hydrogen-bond acceptors (Lipinski definition) is 3. The normalized spacial score (nSPS) is 10.3. The fraction of sp³-hybridized carbons (Fsp3) is 0.222. The second-order valence-corrected chi connectivity index (χ2v) is 6.95. The van der Waals surface area contributed by atoms with Crippen LogP contribution in [0, 0.1) is 20.8 Å². The average molecular weight is 363 g/mol. The standard InChI is InChI=1S/C18H19ClN2O2S/c1-11-8-12(2)17(13(3)9-11)24-10-16(22)20-21-18(23)14-4-6-15(19)7-5-14/h4-9H,10H2,1-3H3,(H,20,22)(H,21,23). The molecule has 0 saturated heterocycles. The highest BCUT2D eigenvalue weighted by Gasteiger charge is 2.10. The zero-order valence-corrected chi connectivity index (χ0v) is 15.3. The molecule has 2 N–H and O–H groups in total. The lowest BCUT2D eigenvalue weighted by Gasteiger charge is -2.11. The van der Waals surface area contributed by atoms with Gasteiger partial charge in [0.2, 0.25) is 5.91 Å². The molecule has 4 nitrogen and oxygen atoms in total. The third kappa shape index (κ3) is 5.01. The largest absolute Gasteiger partial charge is 0.272 e. The maximum Gasteiger partial charge on any atom is 0.269 e. The Morgan fingerprint density at radius 1 is 1.00 bits per heavy atom. The summed E-state index contributed by atoms with van der Waals surface area (Å²) in [4.78, 5) is 24.9. The second-order valence-electron chi connectivity index (χ2n) is 5.53. The summed E-state index contributed by atoms with van der Waals surface area (Å²) >= 11 is 7.23. The van der Waals surface area contributed by atoms with E-state index in [1.54, 1.807) is 24.3 Å². The monoisotopic (exact) mass is 362 g/mol. The van der Waals surface area contributed by atoms with E-state index in [-0.39, 0.29) is 17.6 Å². The molecule has 0 fully saturated rings. The van der Waals surface area contributed by atoms with Gasteiger partial charge in [0, 0.05) is 15.5 Å². The van der Waals surface area contributed by atoms with E-state index in [1.807, 2.05) is 20.8 Å². The number of halogens is 1. The smallest absolute Gasteiger partial charge is 0.269 e. The molecule has 0 radical (unpaired) electrons. The lowest BCUT2D eigenvalue weighted by atomic mass is 10.1. The summed E-state index contributed by atoms with van der Waals surface area (Å²) in [6.45, 7) is 6.11. The molecule has 2 rings (SSSR count). The van der Waals surface area contributed by atoms with Crippen LogP contribution in [-0.4, -0.2) is 17.6 Å². The number of thioether (sulfide) groups is 1. The molecule has 0 aliphatic rings. The predicted octanol–water partition coefficient (Wildman–Crippen LogP) is 3.82. The molecule has 0 unspecified atom stereocenters. The van der Waals surface area contributed by atoms with Crippen molar-refractivity contribution in [2.75, 3.05) is 5.75 Å². The SMILES string of the molecule is Cc1cc(C)c(SCC(=O)NNC(=O)c2ccc(Cl)cc2)c(C)c1. The Kier molecular flexibility index (Phi) is 6.29. The molecule has 126 valence electrons. The van der Waals surface area contributed by atoms with Gasteiger partial charge in [-0.3, -0.25) is 20.4 Å². The van der Waals surface area contributed by atoms with Gasteiger partial charge in [-0.25, -0.2) is 0 Å². The van der Waals surface area contributed by atoms with Gasteiger partial charge in [-0.1, -0.05) is 29.3 Å². The molecule has 0 spiro atoms. The minimum Gasteiger partial charge on any atom is -0.272 e. The molecule has 2 aromatic rings. The molecule has 2 amide bonds. The Balaban J connectivity index is 1.86. The van der Waals surface area contributed by atoms with Crippen LogP contribution in [0.5, 0.6) is 0 Å². The number of rotatable bonds is 4. The molecule has 0 aliphatic carbocycles. The third-order valence-electron chi connectivity index (χ3n) is 3.37. The van der Waals surface area contributed by atoms with Gasteiger partial charge >= 0.3 is 0 Å². The maximum atomic E-state index is 11.9. The molecule has 0 saturated carbocycles. The first-order valence-electron chi connectivity index (χ1n) is 7.42. The summed E-state index contributed by atoms with van der Waals surface area (Å²) in [5.74, 6) is -0.416. The Hall–Kier alpha value is -1.98. The molecule has 0 atom stereocenters. The summed E-state index contributed by atoms with van der Waals surface area (Å²) in [7, 11) is 0. The van der Waals surface area contributed by atoms with Crippen LogP contribution in [0.2, 0.25) is 5.02 Å². The van der Waals surface area contributed by atoms with E-state index in [1.165, 1.54) is 17.3 Å². The fourth-order valence-electron chi connectivity index (χ4n) is 2.37. The van der Waals surface area contributed by atoms with E-state index >= 15 is 0 Å². The van der Waals surface area contributed by atoms with Crippen molar-refractivity contribution in [1.29, 1.82) is 0 Å². The Bertz CT molecular complexity index is 737. The van der Waals surface area contributed by atoms with Crippen LogP contribution in [0.25, 0.3) is 0 Å². The van der Waals surface area contributed by atoms with Crippen molar-refractivity contribution >= 4 is 35.2 Å². The number of hydrogen-bond donors (Lipinski definition) is 2. The Morgan fingerprint density at radius 3 is 2.17 bits per heavy atom. The van der Waals surface area contributed by atoms with Gasteiger partial charge < -0.3 is 0 Å². The highest BCUT2D eigenvalue weighted by Crippen LogP contribution is 2.27. The first kappa shape index (κ1) is 18.4. The molecule has 0 heterocycles. The highest BCUT2D eigenvalue weighted by atomic mass is 35.5. The van der Waals surface area contributed by atoms with Crippen LogP contribution in [0.3, 0.4) is 0 Å². The number of carbonyl (C=O) groups excluding carboxylic acids is 2. The van der Waals surface area contributed by atoms with Gasteiger partial charge in [-0.05, 0) is 56.2 Å². The van der Waals surface area contributed by atoms with Crippen molar-refractivity contribution in [3.63, 3.8) is 0 Å². The Morgan fingerprint density at radius 2 is 1.58 bits per heavy atom. The second kappa shape index (κ2) is 8.22. The van der Waals surface area contributed by atoms with Crippen LogP contribution >= 0.6 is 23.4 Å². The Labute approximate surface area is 150 Å². The van der Waals surface area contributed by atoms with E-state index in [0.717, 1.165) is 16.0 Å². The van der Waals surface area contributed by atoms with Crippen molar-refractivity contribution in [3.05, 3.63) is 63.7 Å². The number of nitrogens with one attached hydrogen (secondary N) is 2. The summed E-state index contributed by atoms with van der Waals surface area (Å²) in [6, 6.07) is 10.6. The minimum atomic E-state index is -0.382. The van der Waals surface area contributed by atoms with E-state index in [4.69, 9.17) is 11.6 Å². The van der Waals surface area contributed by atoms with Crippen LogP contribution in [-0.2, 0) is 4.79 Å². The minimum absolute atomic E-state index is 0.228. The number of carbonyl (C=O) groups is 2. The van der Waals surface area contributed by atoms with Crippen LogP contribution in [0.4, 0.5) is 0 Å². The fourth-order valence-corrected chi connectivity index (χ4v) is 3.41. The third-order valence-corrected chi connectivity index (χ3v) is 4.97. The average Bonchev–Trinajstić information content (AvgIpc) is 2.52.